The second kappa shape index (κ2) is 7.86. The lowest BCUT2D eigenvalue weighted by Crippen LogP contribution is -2.37. The Labute approximate surface area is 170 Å². The van der Waals surface area contributed by atoms with E-state index in [9.17, 15) is 13.2 Å². The first-order chi connectivity index (χ1) is 12.7. The van der Waals surface area contributed by atoms with Gasteiger partial charge in [-0.3, -0.25) is 4.79 Å². The standard InChI is InChI=1S/C16H18BrClN4O4S/c1-10-14(11(2)26-20-10)27(24,25)22-5-3-4-21(6-7-22)16(23)13-8-12(17)9-19-15(13)18/h8-9H,3-7H2,1-2H3. The number of hydrogen-bond acceptors (Lipinski definition) is 6. The Morgan fingerprint density at radius 2 is 2.00 bits per heavy atom. The van der Waals surface area contributed by atoms with Crippen LogP contribution in [0.15, 0.2) is 26.2 Å². The van der Waals surface area contributed by atoms with Gasteiger partial charge in [-0.2, -0.15) is 4.31 Å². The third-order valence-corrected chi connectivity index (χ3v) is 7.22. The second-order valence-corrected chi connectivity index (χ2v) is 9.34. The molecule has 0 spiro atoms. The minimum absolute atomic E-state index is 0.0986. The molecule has 27 heavy (non-hydrogen) atoms. The lowest BCUT2D eigenvalue weighted by atomic mass is 10.2. The van der Waals surface area contributed by atoms with Gasteiger partial charge in [0.1, 0.15) is 15.7 Å². The highest BCUT2D eigenvalue weighted by atomic mass is 79.9. The molecule has 0 saturated carbocycles. The second-order valence-electron chi connectivity index (χ2n) is 6.20. The number of halogens is 2. The zero-order chi connectivity index (χ0) is 19.8. The van der Waals surface area contributed by atoms with Gasteiger partial charge in [0.15, 0.2) is 5.76 Å². The number of aromatic nitrogens is 2. The van der Waals surface area contributed by atoms with Crippen LogP contribution in [0.2, 0.25) is 5.15 Å². The van der Waals surface area contributed by atoms with Crippen molar-refractivity contribution in [2.24, 2.45) is 0 Å². The van der Waals surface area contributed by atoms with Crippen molar-refractivity contribution in [2.45, 2.75) is 25.2 Å². The van der Waals surface area contributed by atoms with Crippen molar-refractivity contribution in [1.29, 1.82) is 0 Å². The van der Waals surface area contributed by atoms with Gasteiger partial charge in [-0.15, -0.1) is 0 Å². The maximum atomic E-state index is 13.0. The minimum Gasteiger partial charge on any atom is -0.360 e. The van der Waals surface area contributed by atoms with Gasteiger partial charge in [0.05, 0.1) is 5.56 Å². The molecule has 2 aromatic heterocycles. The molecule has 3 rings (SSSR count). The average molecular weight is 478 g/mol. The molecule has 0 aliphatic carbocycles. The van der Waals surface area contributed by atoms with Crippen molar-refractivity contribution in [3.8, 4) is 0 Å². The number of aryl methyl sites for hydroxylation is 2. The summed E-state index contributed by atoms with van der Waals surface area (Å²) < 4.78 is 33.0. The predicted octanol–water partition coefficient (Wildman–Crippen LogP) is 2.64. The largest absolute Gasteiger partial charge is 0.360 e. The van der Waals surface area contributed by atoms with Gasteiger partial charge in [-0.1, -0.05) is 16.8 Å². The van der Waals surface area contributed by atoms with E-state index in [0.717, 1.165) is 0 Å². The maximum absolute atomic E-state index is 13.0. The van der Waals surface area contributed by atoms with Gasteiger partial charge >= 0.3 is 0 Å². The molecule has 0 bridgehead atoms. The summed E-state index contributed by atoms with van der Waals surface area (Å²) in [6.45, 7) is 4.33. The third kappa shape index (κ3) is 4.03. The molecule has 146 valence electrons. The summed E-state index contributed by atoms with van der Waals surface area (Å²) >= 11 is 9.33. The molecule has 0 radical (unpaired) electrons. The van der Waals surface area contributed by atoms with E-state index in [-0.39, 0.29) is 40.4 Å². The molecule has 0 aromatic carbocycles. The maximum Gasteiger partial charge on any atom is 0.257 e. The first-order valence-corrected chi connectivity index (χ1v) is 10.9. The number of hydrogen-bond donors (Lipinski definition) is 0. The summed E-state index contributed by atoms with van der Waals surface area (Å²) in [4.78, 5) is 18.5. The molecule has 1 aliphatic rings. The number of rotatable bonds is 3. The van der Waals surface area contributed by atoms with E-state index in [1.165, 1.54) is 10.5 Å². The fourth-order valence-corrected chi connectivity index (χ4v) is 5.33. The highest BCUT2D eigenvalue weighted by molar-refractivity contribution is 9.10. The van der Waals surface area contributed by atoms with Crippen LogP contribution in [0.25, 0.3) is 0 Å². The predicted molar refractivity (Wildman–Crippen MR) is 102 cm³/mol. The Kier molecular flexibility index (Phi) is 5.90. The fourth-order valence-electron chi connectivity index (χ4n) is 3.05. The zero-order valence-electron chi connectivity index (χ0n) is 14.8. The van der Waals surface area contributed by atoms with Crippen molar-refractivity contribution in [1.82, 2.24) is 19.3 Å². The number of pyridine rings is 1. The van der Waals surface area contributed by atoms with Gasteiger partial charge in [-0.05, 0) is 42.3 Å². The molecule has 3 heterocycles. The summed E-state index contributed by atoms with van der Waals surface area (Å²) in [7, 11) is -3.74. The minimum atomic E-state index is -3.74. The topological polar surface area (TPSA) is 96.6 Å². The summed E-state index contributed by atoms with van der Waals surface area (Å²) in [5, 5.41) is 3.85. The van der Waals surface area contributed by atoms with E-state index in [1.807, 2.05) is 0 Å². The summed E-state index contributed by atoms with van der Waals surface area (Å²) in [6, 6.07) is 1.61. The normalized spacial score (nSPS) is 16.4. The average Bonchev–Trinajstić information content (AvgIpc) is 2.83. The van der Waals surface area contributed by atoms with Crippen LogP contribution >= 0.6 is 27.5 Å². The molecule has 0 atom stereocenters. The molecule has 1 amide bonds. The number of nitrogens with zero attached hydrogens (tertiary/aromatic N) is 4. The lowest BCUT2D eigenvalue weighted by molar-refractivity contribution is 0.0764. The van der Waals surface area contributed by atoms with Crippen molar-refractivity contribution in [3.63, 3.8) is 0 Å². The quantitative estimate of drug-likeness (QED) is 0.631. The zero-order valence-corrected chi connectivity index (χ0v) is 17.9. The highest BCUT2D eigenvalue weighted by Gasteiger charge is 2.33. The van der Waals surface area contributed by atoms with Gasteiger partial charge in [0.25, 0.3) is 5.91 Å². The third-order valence-electron chi connectivity index (χ3n) is 4.34. The van der Waals surface area contributed by atoms with Crippen LogP contribution in [0, 0.1) is 13.8 Å². The first-order valence-electron chi connectivity index (χ1n) is 8.25. The van der Waals surface area contributed by atoms with Crippen LogP contribution in [-0.2, 0) is 10.0 Å². The summed E-state index contributed by atoms with van der Waals surface area (Å²) in [6.07, 6.45) is 2.02. The molecule has 11 heteroatoms. The Morgan fingerprint density at radius 1 is 1.26 bits per heavy atom. The van der Waals surface area contributed by atoms with E-state index >= 15 is 0 Å². The van der Waals surface area contributed by atoms with Crippen LogP contribution in [0.4, 0.5) is 0 Å². The molecule has 2 aromatic rings. The van der Waals surface area contributed by atoms with Crippen LogP contribution in [-0.4, -0.2) is 59.8 Å². The van der Waals surface area contributed by atoms with Crippen LogP contribution in [0.1, 0.15) is 28.2 Å². The van der Waals surface area contributed by atoms with Crippen LogP contribution in [0.3, 0.4) is 0 Å². The van der Waals surface area contributed by atoms with Crippen LogP contribution in [0.5, 0.6) is 0 Å². The molecule has 0 N–H and O–H groups in total. The van der Waals surface area contributed by atoms with Gasteiger partial charge in [0.2, 0.25) is 10.0 Å². The monoisotopic (exact) mass is 476 g/mol. The van der Waals surface area contributed by atoms with E-state index in [1.54, 1.807) is 24.8 Å². The lowest BCUT2D eigenvalue weighted by Gasteiger charge is -2.22. The molecular weight excluding hydrogens is 460 g/mol. The Morgan fingerprint density at radius 3 is 2.67 bits per heavy atom. The van der Waals surface area contributed by atoms with Crippen molar-refractivity contribution >= 4 is 43.5 Å². The molecule has 1 aliphatic heterocycles. The Balaban J connectivity index is 1.80. The molecule has 1 saturated heterocycles. The Hall–Kier alpha value is -1.49. The van der Waals surface area contributed by atoms with E-state index < -0.39 is 10.0 Å². The highest BCUT2D eigenvalue weighted by Crippen LogP contribution is 2.25. The molecule has 1 fully saturated rings. The van der Waals surface area contributed by atoms with Crippen molar-refractivity contribution in [3.05, 3.63) is 38.9 Å². The Bertz CT molecular complexity index is 959. The number of carbonyl (C=O) groups is 1. The number of amides is 1. The van der Waals surface area contributed by atoms with Gasteiger partial charge < -0.3 is 9.42 Å². The summed E-state index contributed by atoms with van der Waals surface area (Å²) in [5.74, 6) is -0.0120. The number of carbonyl (C=O) groups excluding carboxylic acids is 1. The van der Waals surface area contributed by atoms with Crippen molar-refractivity contribution < 1.29 is 17.7 Å². The van der Waals surface area contributed by atoms with E-state index in [0.29, 0.717) is 29.7 Å². The smallest absolute Gasteiger partial charge is 0.257 e. The molecular formula is C16H18BrClN4O4S. The van der Waals surface area contributed by atoms with Gasteiger partial charge in [-0.25, -0.2) is 13.4 Å². The van der Waals surface area contributed by atoms with E-state index in [4.69, 9.17) is 16.1 Å². The molecule has 0 unspecified atom stereocenters. The van der Waals surface area contributed by atoms with Gasteiger partial charge in [0, 0.05) is 36.8 Å². The van der Waals surface area contributed by atoms with Crippen molar-refractivity contribution in [2.75, 3.05) is 26.2 Å². The fraction of sp³-hybridized carbons (Fsp3) is 0.438. The summed E-state index contributed by atoms with van der Waals surface area (Å²) in [5.41, 5.74) is 0.616. The SMILES string of the molecule is Cc1noc(C)c1S(=O)(=O)N1CCCN(C(=O)c2cc(Br)cnc2Cl)CC1. The van der Waals surface area contributed by atoms with Crippen LogP contribution < -0.4 is 0 Å². The molecule has 8 nitrogen and oxygen atoms in total. The van der Waals surface area contributed by atoms with E-state index in [2.05, 4.69) is 26.1 Å². The first kappa shape index (κ1) is 20.2. The number of sulfonamides is 1.